The van der Waals surface area contributed by atoms with Crippen LogP contribution in [0, 0.1) is 12.8 Å². The number of aliphatic hydroxyl groups excluding tert-OH is 4. The van der Waals surface area contributed by atoms with E-state index < -0.39 is 224 Å². The van der Waals surface area contributed by atoms with Crippen molar-refractivity contribution in [2.45, 2.75) is 277 Å². The summed E-state index contributed by atoms with van der Waals surface area (Å²) in [6.45, 7) is 14.9. The van der Waals surface area contributed by atoms with E-state index >= 15 is 0 Å². The molecule has 93 heavy (non-hydrogen) atoms. The Kier molecular flexibility index (Phi) is 21.0. The third-order valence-corrected chi connectivity index (χ3v) is 19.6. The van der Waals surface area contributed by atoms with Gasteiger partial charge in [0.15, 0.2) is 54.9 Å². The predicted molar refractivity (Wildman–Crippen MR) is 303 cm³/mol. The first-order valence-electron chi connectivity index (χ1n) is 31.2. The summed E-state index contributed by atoms with van der Waals surface area (Å²) in [5.74, 6) is -7.83. The van der Waals surface area contributed by atoms with Gasteiger partial charge in [-0.15, -0.1) is 0 Å². The third kappa shape index (κ3) is 13.1. The van der Waals surface area contributed by atoms with Crippen molar-refractivity contribution in [2.75, 3.05) is 41.3 Å². The number of benzene rings is 1. The minimum absolute atomic E-state index is 0.00279. The van der Waals surface area contributed by atoms with E-state index in [0.29, 0.717) is 0 Å². The Morgan fingerprint density at radius 3 is 2.02 bits per heavy atom. The number of ketones is 1. The molecule has 0 aliphatic carbocycles. The molecule has 0 radical (unpaired) electrons. The van der Waals surface area contributed by atoms with E-state index in [-0.39, 0.29) is 55.4 Å². The topological polar surface area (TPSA) is 396 Å². The molecule has 33 heteroatoms. The number of esters is 2. The number of aliphatic hydroxyl groups is 5. The maximum atomic E-state index is 13.4. The zero-order valence-electron chi connectivity index (χ0n) is 53.7. The third-order valence-electron chi connectivity index (χ3n) is 19.1. The Morgan fingerprint density at radius 2 is 1.35 bits per heavy atom. The second-order valence-electron chi connectivity index (χ2n) is 25.9. The first-order chi connectivity index (χ1) is 43.9. The van der Waals surface area contributed by atoms with Gasteiger partial charge in [0.1, 0.15) is 103 Å². The smallest absolute Gasteiger partial charge is 0.342 e. The summed E-state index contributed by atoms with van der Waals surface area (Å²) in [6, 6.07) is 0.910. The van der Waals surface area contributed by atoms with Crippen LogP contribution in [0.3, 0.4) is 0 Å². The molecule has 10 saturated heterocycles. The maximum Gasteiger partial charge on any atom is 0.342 e. The van der Waals surface area contributed by atoms with Crippen LogP contribution in [0.2, 0.25) is 5.02 Å². The van der Waals surface area contributed by atoms with E-state index in [1.807, 2.05) is 0 Å². The molecule has 32 nitrogen and oxygen atoms in total. The Morgan fingerprint density at radius 1 is 0.667 bits per heavy atom. The van der Waals surface area contributed by atoms with Crippen LogP contribution >= 0.6 is 11.6 Å². The maximum absolute atomic E-state index is 13.4. The lowest BCUT2D eigenvalue weighted by Crippen LogP contribution is -2.72. The summed E-state index contributed by atoms with van der Waals surface area (Å²) < 4.78 is 136. The van der Waals surface area contributed by atoms with Crippen LogP contribution in [0.15, 0.2) is 6.07 Å². The summed E-state index contributed by atoms with van der Waals surface area (Å²) in [6.07, 6.45) is -32.8. The zero-order valence-corrected chi connectivity index (χ0v) is 54.5. The number of rotatable bonds is 17. The van der Waals surface area contributed by atoms with Crippen LogP contribution in [-0.2, 0) is 114 Å². The highest BCUT2D eigenvalue weighted by molar-refractivity contribution is 6.33. The van der Waals surface area contributed by atoms with Gasteiger partial charge >= 0.3 is 17.9 Å². The zero-order chi connectivity index (χ0) is 67.3. The van der Waals surface area contributed by atoms with Crippen molar-refractivity contribution in [3.8, 4) is 11.5 Å². The highest BCUT2D eigenvalue weighted by atomic mass is 35.5. The molecular weight excluding hydrogens is 1270 g/mol. The molecule has 31 atom stereocenters. The fourth-order valence-electron chi connectivity index (χ4n) is 14.4. The molecule has 10 aliphatic rings. The number of Topliss-reactive ketones (excluding diaryl/α,β-unsaturated/α-hetero) is 1. The van der Waals surface area contributed by atoms with Crippen LogP contribution in [0.4, 0.5) is 0 Å². The fourth-order valence-corrected chi connectivity index (χ4v) is 14.5. The van der Waals surface area contributed by atoms with E-state index in [2.05, 4.69) is 0 Å². The average Bonchev–Trinajstić information content (AvgIpc) is 1.59. The Labute approximate surface area is 540 Å². The highest BCUT2D eigenvalue weighted by Gasteiger charge is 2.73. The summed E-state index contributed by atoms with van der Waals surface area (Å²) in [5, 5.41) is 79.2. The van der Waals surface area contributed by atoms with Crippen LogP contribution in [-0.4, -0.2) is 284 Å². The Bertz CT molecular complexity index is 2810. The largest absolute Gasteiger partial charge is 0.507 e. The van der Waals surface area contributed by atoms with Gasteiger partial charge in [-0.2, -0.15) is 0 Å². The molecule has 2 spiro atoms. The van der Waals surface area contributed by atoms with Crippen LogP contribution in [0.25, 0.3) is 0 Å². The first-order valence-corrected chi connectivity index (χ1v) is 31.6. The SMILES string of the molecule is COC[C@H]1O[C@@H](O[C@@H]2OC[C@@H]3O[C@]4(O[C@H]3[C@H]2OC(=O)C(C)C)O[C@H](C)[C@@](O)(C(C)=O)[C@@H]2OCO[C@H]24)[C@@H](OC)[C@@H](O)[C@@H]1O[C@@H]1O[C@H](C)[C@H](OC)[C@H](O[C@H]2CC3(C)OC4(C[C@@H](O)[C@H](O[C@H]5C[C@@H](O)[C@H](OC(=O)c6c(O)cc(O)c(Cl)c6C)[C@@H](C)O5)[C@@H](C)O4)O[C@@H]3[C@@H](C)O2)[C@H]1O. The van der Waals surface area contributed by atoms with Gasteiger partial charge in [0.2, 0.25) is 6.29 Å². The van der Waals surface area contributed by atoms with Crippen LogP contribution in [0.5, 0.6) is 11.5 Å². The summed E-state index contributed by atoms with van der Waals surface area (Å²) in [4.78, 5) is 39.5. The molecule has 10 fully saturated rings. The number of hydrogen-bond donors (Lipinski definition) is 7. The number of phenols is 2. The van der Waals surface area contributed by atoms with Gasteiger partial charge in [0, 0.05) is 40.2 Å². The monoisotopic (exact) mass is 1350 g/mol. The number of carbonyl (C=O) groups is 3. The van der Waals surface area contributed by atoms with Crippen molar-refractivity contribution in [1.29, 1.82) is 0 Å². The fraction of sp³-hybridized carbons (Fsp3) is 0.850. The molecule has 2 unspecified atom stereocenters. The molecule has 10 heterocycles. The highest BCUT2D eigenvalue weighted by Crippen LogP contribution is 2.53. The standard InChI is InChI=1S/C60H87ClO32/c1-21(2)52(69)85-48-45-34(90-60(91-45)51-50(76-20-77-51)59(71,27(8)62)28(9)89-60)19-75-55(48)87-56-47(74-13)39(67)44(33(81-56)18-72-11)86-54-40(68)46(43(73-12)24(5)80-54)83-36-17-57(10)49(26(7)79-36)92-58(93-57)16-32(66)42(25(6)88-58)82-35-15-31(65)41(23(4)78-35)84-53(70)37-22(3)38(61)30(64)14-29(37)63/h14,21,23-26,28,31-36,39-51,54-56,63-68,71H,15-20H2,1-13H3/t23-,24-,25-,26-,28-,31-,32-,33-,34+,35+,36+,39+,40-,41-,42-,43+,44-,45-,46-,47+,48-,49-,50-,51-,54+,55+,56+,57?,58?,59+,60-/m1/s1. The second kappa shape index (κ2) is 27.4. The van der Waals surface area contributed by atoms with E-state index in [1.54, 1.807) is 48.5 Å². The summed E-state index contributed by atoms with van der Waals surface area (Å²) in [5.41, 5.74) is -3.55. The van der Waals surface area contributed by atoms with Crippen LogP contribution < -0.4 is 0 Å². The number of ether oxygens (including phenoxy) is 22. The van der Waals surface area contributed by atoms with Gasteiger partial charge in [-0.25, -0.2) is 4.79 Å². The van der Waals surface area contributed by atoms with E-state index in [1.165, 1.54) is 42.1 Å². The molecule has 1 aromatic carbocycles. The number of carbonyl (C=O) groups excluding carboxylic acids is 3. The van der Waals surface area contributed by atoms with Crippen LogP contribution in [0.1, 0.15) is 97.5 Å². The summed E-state index contributed by atoms with van der Waals surface area (Å²) in [7, 11) is 4.10. The van der Waals surface area contributed by atoms with Crippen molar-refractivity contribution in [2.24, 2.45) is 5.92 Å². The average molecular weight is 1360 g/mol. The van der Waals surface area contributed by atoms with E-state index in [9.17, 15) is 50.1 Å². The summed E-state index contributed by atoms with van der Waals surface area (Å²) >= 11 is 6.11. The van der Waals surface area contributed by atoms with E-state index in [4.69, 9.17) is 116 Å². The molecular formula is C60H87ClO32. The lowest BCUT2D eigenvalue weighted by molar-refractivity contribution is -0.428. The molecule has 526 valence electrons. The predicted octanol–water partition coefficient (Wildman–Crippen LogP) is 0.0956. The van der Waals surface area contributed by atoms with Gasteiger partial charge in [0.05, 0.1) is 73.3 Å². The minimum atomic E-state index is -2.13. The minimum Gasteiger partial charge on any atom is -0.507 e. The van der Waals surface area contributed by atoms with Gasteiger partial charge in [-0.3, -0.25) is 9.59 Å². The first kappa shape index (κ1) is 71.0. The second-order valence-corrected chi connectivity index (χ2v) is 26.3. The Hall–Kier alpha value is -3.28. The van der Waals surface area contributed by atoms with Crippen molar-refractivity contribution in [3.05, 3.63) is 22.2 Å². The number of halogens is 1. The van der Waals surface area contributed by atoms with Crippen molar-refractivity contribution in [3.63, 3.8) is 0 Å². The van der Waals surface area contributed by atoms with Gasteiger partial charge in [-0.1, -0.05) is 25.4 Å². The molecule has 0 aromatic heterocycles. The molecule has 11 rings (SSSR count). The van der Waals surface area contributed by atoms with E-state index in [0.717, 1.165) is 6.07 Å². The number of methoxy groups -OCH3 is 3. The van der Waals surface area contributed by atoms with Gasteiger partial charge < -0.3 is 140 Å². The quantitative estimate of drug-likeness (QED) is 0.102. The normalized spacial score (nSPS) is 48.1. The molecule has 0 saturated carbocycles. The van der Waals surface area contributed by atoms with Crippen molar-refractivity contribution >= 4 is 29.3 Å². The molecule has 0 bridgehead atoms. The molecule has 1 aromatic rings. The lowest BCUT2D eigenvalue weighted by Gasteiger charge is -2.49. The van der Waals surface area contributed by atoms with Gasteiger partial charge in [-0.05, 0) is 61.0 Å². The lowest BCUT2D eigenvalue weighted by atomic mass is 9.81. The number of hydrogen-bond acceptors (Lipinski definition) is 32. The van der Waals surface area contributed by atoms with Crippen molar-refractivity contribution < 1.29 is 154 Å². The molecule has 10 aliphatic heterocycles. The number of phenolic OH excluding ortho intramolecular Hbond substituents is 2. The molecule has 0 amide bonds. The molecule has 7 N–H and O–H groups in total. The number of aromatic hydroxyl groups is 2. The number of fused-ring (bicyclic) bond motifs is 4. The Balaban J connectivity index is 0.724. The van der Waals surface area contributed by atoms with Crippen molar-refractivity contribution in [1.82, 2.24) is 0 Å². The van der Waals surface area contributed by atoms with Gasteiger partial charge in [0.25, 0.3) is 5.97 Å².